The fraction of sp³-hybridized carbons (Fsp3) is 0.444. The molecule has 130 valence electrons. The zero-order valence-corrected chi connectivity index (χ0v) is 14.2. The van der Waals surface area contributed by atoms with Crippen LogP contribution in [0.15, 0.2) is 35.2 Å². The van der Waals surface area contributed by atoms with E-state index in [0.29, 0.717) is 17.4 Å². The monoisotopic (exact) mass is 339 g/mol. The first-order valence-corrected chi connectivity index (χ1v) is 8.69. The summed E-state index contributed by atoms with van der Waals surface area (Å²) in [4.78, 5) is 16.7. The summed E-state index contributed by atoms with van der Waals surface area (Å²) in [7, 11) is 0. The minimum absolute atomic E-state index is 0.0182. The van der Waals surface area contributed by atoms with Gasteiger partial charge in [0.2, 0.25) is 5.91 Å². The van der Waals surface area contributed by atoms with Gasteiger partial charge in [-0.3, -0.25) is 4.79 Å². The minimum Gasteiger partial charge on any atom is -0.353 e. The van der Waals surface area contributed by atoms with Crippen LogP contribution in [0.1, 0.15) is 43.1 Å². The molecule has 1 aliphatic rings. The first-order valence-electron chi connectivity index (χ1n) is 8.69. The van der Waals surface area contributed by atoms with E-state index in [1.165, 1.54) is 5.39 Å². The number of amides is 1. The number of aromatic nitrogens is 4. The predicted molar refractivity (Wildman–Crippen MR) is 91.9 cm³/mol. The molecule has 1 N–H and O–H groups in total. The van der Waals surface area contributed by atoms with E-state index < -0.39 is 0 Å². The third-order valence-corrected chi connectivity index (χ3v) is 5.01. The van der Waals surface area contributed by atoms with Gasteiger partial charge in [-0.2, -0.15) is 0 Å². The van der Waals surface area contributed by atoms with Crippen LogP contribution in [0.2, 0.25) is 0 Å². The topological polar surface area (TPSA) is 85.8 Å². The van der Waals surface area contributed by atoms with Crippen molar-refractivity contribution in [2.75, 3.05) is 0 Å². The van der Waals surface area contributed by atoms with E-state index in [2.05, 4.69) is 48.1 Å². The maximum atomic E-state index is 12.2. The highest BCUT2D eigenvalue weighted by Crippen LogP contribution is 2.31. The number of hydrogen-bond donors (Lipinski definition) is 1. The Balaban J connectivity index is 1.34. The van der Waals surface area contributed by atoms with Gasteiger partial charge in [0.05, 0.1) is 6.42 Å². The van der Waals surface area contributed by atoms with E-state index in [-0.39, 0.29) is 18.4 Å². The lowest BCUT2D eigenvalue weighted by atomic mass is 9.91. The Bertz CT molecular complexity index is 876. The molecule has 0 spiro atoms. The number of nitrogens with zero attached hydrogens (tertiary/aromatic N) is 4. The highest BCUT2D eigenvalue weighted by molar-refractivity contribution is 5.78. The lowest BCUT2D eigenvalue weighted by molar-refractivity contribution is -0.121. The number of fused-ring (bicyclic) bond motifs is 1. The molecule has 0 saturated heterocycles. The summed E-state index contributed by atoms with van der Waals surface area (Å²) < 4.78 is 6.91. The maximum Gasteiger partial charge on any atom is 0.226 e. The van der Waals surface area contributed by atoms with Crippen molar-refractivity contribution >= 4 is 16.9 Å². The van der Waals surface area contributed by atoms with Crippen LogP contribution < -0.4 is 5.32 Å². The van der Waals surface area contributed by atoms with Gasteiger partial charge in [-0.25, -0.2) is 9.61 Å². The Labute approximate surface area is 145 Å². The number of carbonyl (C=O) groups is 1. The third kappa shape index (κ3) is 3.26. The molecule has 3 aromatic rings. The Morgan fingerprint density at radius 2 is 2.12 bits per heavy atom. The van der Waals surface area contributed by atoms with Crippen LogP contribution in [0, 0.1) is 6.92 Å². The molecule has 0 unspecified atom stereocenters. The van der Waals surface area contributed by atoms with E-state index in [1.807, 2.05) is 12.3 Å². The SMILES string of the molecule is Cc1nonc1CC(=O)NC1CCC(n2ccc3cccnc32)CC1. The number of hydrogen-bond acceptors (Lipinski definition) is 5. The largest absolute Gasteiger partial charge is 0.353 e. The molecule has 0 radical (unpaired) electrons. The summed E-state index contributed by atoms with van der Waals surface area (Å²) in [5.41, 5.74) is 2.32. The molecule has 1 fully saturated rings. The van der Waals surface area contributed by atoms with Crippen molar-refractivity contribution in [2.24, 2.45) is 0 Å². The number of carbonyl (C=O) groups excluding carboxylic acids is 1. The van der Waals surface area contributed by atoms with E-state index in [9.17, 15) is 4.79 Å². The van der Waals surface area contributed by atoms with Gasteiger partial charge in [0, 0.05) is 29.9 Å². The smallest absolute Gasteiger partial charge is 0.226 e. The molecular weight excluding hydrogens is 318 g/mol. The van der Waals surface area contributed by atoms with Gasteiger partial charge in [0.15, 0.2) is 0 Å². The van der Waals surface area contributed by atoms with Crippen LogP contribution in [0.4, 0.5) is 0 Å². The van der Waals surface area contributed by atoms with E-state index in [4.69, 9.17) is 0 Å². The molecule has 3 aromatic heterocycles. The van der Waals surface area contributed by atoms with Gasteiger partial charge in [0.25, 0.3) is 0 Å². The normalized spacial score (nSPS) is 20.7. The van der Waals surface area contributed by atoms with Gasteiger partial charge in [-0.05, 0) is 50.8 Å². The number of pyridine rings is 1. The first-order chi connectivity index (χ1) is 12.2. The number of rotatable bonds is 4. The standard InChI is InChI=1S/C18H21N5O2/c1-12-16(22-25-21-12)11-17(24)20-14-4-6-15(7-5-14)23-10-8-13-3-2-9-19-18(13)23/h2-3,8-10,14-15H,4-7,11H2,1H3,(H,20,24). The second-order valence-corrected chi connectivity index (χ2v) is 6.69. The predicted octanol–water partition coefficient (Wildman–Crippen LogP) is 2.57. The highest BCUT2D eigenvalue weighted by Gasteiger charge is 2.24. The van der Waals surface area contributed by atoms with Gasteiger partial charge in [0.1, 0.15) is 17.0 Å². The zero-order valence-electron chi connectivity index (χ0n) is 14.2. The van der Waals surface area contributed by atoms with Crippen molar-refractivity contribution in [3.63, 3.8) is 0 Å². The summed E-state index contributed by atoms with van der Waals surface area (Å²) in [6.07, 6.45) is 8.21. The molecule has 0 aliphatic heterocycles. The van der Waals surface area contributed by atoms with E-state index in [0.717, 1.165) is 31.3 Å². The second kappa shape index (κ2) is 6.66. The van der Waals surface area contributed by atoms with Crippen molar-refractivity contribution < 1.29 is 9.42 Å². The van der Waals surface area contributed by atoms with E-state index in [1.54, 1.807) is 6.92 Å². The van der Waals surface area contributed by atoms with Gasteiger partial charge in [-0.1, -0.05) is 10.3 Å². The average Bonchev–Trinajstić information content (AvgIpc) is 3.22. The summed E-state index contributed by atoms with van der Waals surface area (Å²) >= 11 is 0. The van der Waals surface area contributed by atoms with Crippen molar-refractivity contribution in [1.29, 1.82) is 0 Å². The molecule has 0 aromatic carbocycles. The molecule has 0 atom stereocenters. The fourth-order valence-corrected chi connectivity index (χ4v) is 3.62. The van der Waals surface area contributed by atoms with Crippen LogP contribution in [-0.4, -0.2) is 31.8 Å². The lowest BCUT2D eigenvalue weighted by Crippen LogP contribution is -2.38. The minimum atomic E-state index is -0.0182. The van der Waals surface area contributed by atoms with E-state index >= 15 is 0 Å². The highest BCUT2D eigenvalue weighted by atomic mass is 16.6. The van der Waals surface area contributed by atoms with Crippen LogP contribution in [0.25, 0.3) is 11.0 Å². The Morgan fingerprint density at radius 1 is 1.28 bits per heavy atom. The summed E-state index contributed by atoms with van der Waals surface area (Å²) in [6.45, 7) is 1.79. The van der Waals surface area contributed by atoms with Crippen LogP contribution in [-0.2, 0) is 11.2 Å². The molecule has 1 amide bonds. The molecule has 7 nitrogen and oxygen atoms in total. The summed E-state index contributed by atoms with van der Waals surface area (Å²) in [5, 5.41) is 11.8. The van der Waals surface area contributed by atoms with Crippen molar-refractivity contribution in [3.05, 3.63) is 42.0 Å². The zero-order chi connectivity index (χ0) is 17.2. The van der Waals surface area contributed by atoms with Gasteiger partial charge < -0.3 is 9.88 Å². The summed E-state index contributed by atoms with van der Waals surface area (Å²) in [6, 6.07) is 6.84. The Hall–Kier alpha value is -2.70. The van der Waals surface area contributed by atoms with Gasteiger partial charge >= 0.3 is 0 Å². The fourth-order valence-electron chi connectivity index (χ4n) is 3.62. The average molecular weight is 339 g/mol. The molecule has 4 rings (SSSR count). The summed E-state index contributed by atoms with van der Waals surface area (Å²) in [5.74, 6) is -0.0182. The molecular formula is C18H21N5O2. The quantitative estimate of drug-likeness (QED) is 0.789. The van der Waals surface area contributed by atoms with Crippen LogP contribution in [0.5, 0.6) is 0 Å². The Kier molecular flexibility index (Phi) is 4.21. The van der Waals surface area contributed by atoms with Crippen LogP contribution in [0.3, 0.4) is 0 Å². The maximum absolute atomic E-state index is 12.2. The van der Waals surface area contributed by atoms with Gasteiger partial charge in [-0.15, -0.1) is 0 Å². The van der Waals surface area contributed by atoms with Crippen LogP contribution >= 0.6 is 0 Å². The number of aryl methyl sites for hydroxylation is 1. The molecule has 1 aliphatic carbocycles. The second-order valence-electron chi connectivity index (χ2n) is 6.69. The lowest BCUT2D eigenvalue weighted by Gasteiger charge is -2.30. The molecule has 3 heterocycles. The molecule has 7 heteroatoms. The third-order valence-electron chi connectivity index (χ3n) is 5.01. The van der Waals surface area contributed by atoms with Crippen molar-refractivity contribution in [3.8, 4) is 0 Å². The number of nitrogens with one attached hydrogen (secondary N) is 1. The first kappa shape index (κ1) is 15.8. The van der Waals surface area contributed by atoms with Crippen molar-refractivity contribution in [1.82, 2.24) is 25.2 Å². The molecule has 25 heavy (non-hydrogen) atoms. The Morgan fingerprint density at radius 3 is 2.88 bits per heavy atom. The molecule has 0 bridgehead atoms. The molecule has 1 saturated carbocycles. The van der Waals surface area contributed by atoms with Crippen molar-refractivity contribution in [2.45, 2.75) is 51.1 Å².